The Morgan fingerprint density at radius 1 is 1.13 bits per heavy atom. The number of likely N-dealkylation sites (tertiary alicyclic amines) is 1. The van der Waals surface area contributed by atoms with Crippen molar-refractivity contribution in [3.63, 3.8) is 0 Å². The van der Waals surface area contributed by atoms with Gasteiger partial charge < -0.3 is 4.90 Å². The average molecular weight is 440 g/mol. The van der Waals surface area contributed by atoms with Crippen LogP contribution in [0.2, 0.25) is 0 Å². The maximum Gasteiger partial charge on any atom is 0.263 e. The third-order valence-electron chi connectivity index (χ3n) is 5.86. The van der Waals surface area contributed by atoms with Crippen LogP contribution in [0, 0.1) is 5.82 Å². The first kappa shape index (κ1) is 19.6. The SMILES string of the molecule is CN1CCC(n2c(Cc3ccccc3F)nc3scc(-c4cccs4)c3c2=O)CC1. The number of hydrogen-bond donors (Lipinski definition) is 0. The fourth-order valence-corrected chi connectivity index (χ4v) is 6.00. The highest BCUT2D eigenvalue weighted by Crippen LogP contribution is 2.35. The van der Waals surface area contributed by atoms with Crippen LogP contribution in [0.3, 0.4) is 0 Å². The molecular formula is C23H22FN3OS2. The molecule has 0 atom stereocenters. The van der Waals surface area contributed by atoms with Gasteiger partial charge in [0, 0.05) is 28.3 Å². The van der Waals surface area contributed by atoms with Crippen molar-refractivity contribution in [3.8, 4) is 10.4 Å². The van der Waals surface area contributed by atoms with Crippen LogP contribution >= 0.6 is 22.7 Å². The molecule has 7 heteroatoms. The quantitative estimate of drug-likeness (QED) is 0.440. The predicted molar refractivity (Wildman–Crippen MR) is 122 cm³/mol. The molecule has 1 fully saturated rings. The number of halogens is 1. The fourth-order valence-electron chi connectivity index (χ4n) is 4.23. The van der Waals surface area contributed by atoms with E-state index in [0.29, 0.717) is 23.2 Å². The molecule has 0 spiro atoms. The maximum atomic E-state index is 14.4. The molecule has 1 aliphatic rings. The zero-order valence-electron chi connectivity index (χ0n) is 16.7. The van der Waals surface area contributed by atoms with Gasteiger partial charge in [-0.1, -0.05) is 24.3 Å². The van der Waals surface area contributed by atoms with Gasteiger partial charge in [-0.05, 0) is 56.1 Å². The Balaban J connectivity index is 1.69. The fraction of sp³-hybridized carbons (Fsp3) is 0.304. The van der Waals surface area contributed by atoms with Crippen LogP contribution < -0.4 is 5.56 Å². The summed E-state index contributed by atoms with van der Waals surface area (Å²) < 4.78 is 16.3. The van der Waals surface area contributed by atoms with Crippen LogP contribution in [-0.2, 0) is 6.42 Å². The van der Waals surface area contributed by atoms with Crippen molar-refractivity contribution in [1.82, 2.24) is 14.5 Å². The highest BCUT2D eigenvalue weighted by Gasteiger charge is 2.25. The third kappa shape index (κ3) is 3.51. The Morgan fingerprint density at radius 3 is 2.67 bits per heavy atom. The standard InChI is InChI=1S/C23H22FN3OS2/c1-26-10-8-16(9-11-26)27-20(13-15-5-2-3-6-18(15)24)25-22-21(23(27)28)17(14-30-22)19-7-4-12-29-19/h2-7,12,14,16H,8-11,13H2,1H3. The minimum Gasteiger partial charge on any atom is -0.306 e. The van der Waals surface area contributed by atoms with Crippen molar-refractivity contribution in [2.24, 2.45) is 0 Å². The van der Waals surface area contributed by atoms with Crippen molar-refractivity contribution >= 4 is 32.9 Å². The Bertz CT molecular complexity index is 1240. The van der Waals surface area contributed by atoms with Gasteiger partial charge in [0.2, 0.25) is 0 Å². The van der Waals surface area contributed by atoms with Crippen LogP contribution in [0.5, 0.6) is 0 Å². The van der Waals surface area contributed by atoms with Crippen molar-refractivity contribution < 1.29 is 4.39 Å². The molecule has 4 nitrogen and oxygen atoms in total. The predicted octanol–water partition coefficient (Wildman–Crippen LogP) is 5.18. The number of aromatic nitrogens is 2. The topological polar surface area (TPSA) is 38.1 Å². The molecule has 1 aromatic carbocycles. The molecule has 154 valence electrons. The molecule has 1 aliphatic heterocycles. The molecular weight excluding hydrogens is 417 g/mol. The number of fused-ring (bicyclic) bond motifs is 1. The molecule has 1 saturated heterocycles. The molecule has 0 bridgehead atoms. The molecule has 0 amide bonds. The normalized spacial score (nSPS) is 15.8. The van der Waals surface area contributed by atoms with Gasteiger partial charge in [0.05, 0.1) is 5.39 Å². The van der Waals surface area contributed by atoms with Crippen LogP contribution in [0.25, 0.3) is 20.7 Å². The van der Waals surface area contributed by atoms with E-state index in [4.69, 9.17) is 4.98 Å². The Kier molecular flexibility index (Phi) is 5.26. The maximum absolute atomic E-state index is 14.4. The second kappa shape index (κ2) is 8.06. The number of benzene rings is 1. The van der Waals surface area contributed by atoms with Gasteiger partial charge in [-0.3, -0.25) is 9.36 Å². The zero-order valence-corrected chi connectivity index (χ0v) is 18.3. The number of hydrogen-bond acceptors (Lipinski definition) is 5. The lowest BCUT2D eigenvalue weighted by Crippen LogP contribution is -2.37. The summed E-state index contributed by atoms with van der Waals surface area (Å²) in [6.07, 6.45) is 2.11. The second-order valence-corrected chi connectivity index (χ2v) is 9.62. The van der Waals surface area contributed by atoms with Gasteiger partial charge in [-0.25, -0.2) is 9.37 Å². The molecule has 4 aromatic rings. The zero-order chi connectivity index (χ0) is 20.7. The number of rotatable bonds is 4. The molecule has 30 heavy (non-hydrogen) atoms. The van der Waals surface area contributed by atoms with E-state index in [2.05, 4.69) is 11.9 Å². The van der Waals surface area contributed by atoms with Crippen LogP contribution in [-0.4, -0.2) is 34.6 Å². The summed E-state index contributed by atoms with van der Waals surface area (Å²) in [5, 5.41) is 4.74. The average Bonchev–Trinajstić information content (AvgIpc) is 3.41. The molecule has 0 N–H and O–H groups in total. The van der Waals surface area contributed by atoms with Gasteiger partial charge >= 0.3 is 0 Å². The second-order valence-electron chi connectivity index (χ2n) is 7.81. The summed E-state index contributed by atoms with van der Waals surface area (Å²) in [4.78, 5) is 22.8. The first-order valence-electron chi connectivity index (χ1n) is 10.1. The molecule has 0 aliphatic carbocycles. The lowest BCUT2D eigenvalue weighted by Gasteiger charge is -2.31. The molecule has 0 unspecified atom stereocenters. The lowest BCUT2D eigenvalue weighted by atomic mass is 10.0. The van der Waals surface area contributed by atoms with E-state index in [1.165, 1.54) is 17.4 Å². The van der Waals surface area contributed by atoms with Crippen LogP contribution in [0.15, 0.2) is 52.0 Å². The third-order valence-corrected chi connectivity index (χ3v) is 7.63. The highest BCUT2D eigenvalue weighted by molar-refractivity contribution is 7.18. The first-order chi connectivity index (χ1) is 14.6. The number of nitrogens with zero attached hydrogens (tertiary/aromatic N) is 3. The minimum absolute atomic E-state index is 0.00513. The Morgan fingerprint density at radius 2 is 1.93 bits per heavy atom. The summed E-state index contributed by atoms with van der Waals surface area (Å²) >= 11 is 3.12. The smallest absolute Gasteiger partial charge is 0.263 e. The minimum atomic E-state index is -0.257. The van der Waals surface area contributed by atoms with Crippen molar-refractivity contribution in [2.75, 3.05) is 20.1 Å². The van der Waals surface area contributed by atoms with Gasteiger partial charge in [-0.2, -0.15) is 0 Å². The lowest BCUT2D eigenvalue weighted by molar-refractivity contribution is 0.216. The largest absolute Gasteiger partial charge is 0.306 e. The summed E-state index contributed by atoms with van der Waals surface area (Å²) in [6.45, 7) is 1.88. The number of piperidine rings is 1. The number of thiophene rings is 2. The Hall–Kier alpha value is -2.35. The molecule has 5 rings (SSSR count). The highest BCUT2D eigenvalue weighted by atomic mass is 32.1. The molecule has 3 aromatic heterocycles. The van der Waals surface area contributed by atoms with E-state index < -0.39 is 0 Å². The van der Waals surface area contributed by atoms with E-state index >= 15 is 0 Å². The summed E-state index contributed by atoms with van der Waals surface area (Å²) in [5.74, 6) is 0.402. The van der Waals surface area contributed by atoms with Gasteiger partial charge in [-0.15, -0.1) is 22.7 Å². The van der Waals surface area contributed by atoms with Crippen molar-refractivity contribution in [1.29, 1.82) is 0 Å². The van der Waals surface area contributed by atoms with Gasteiger partial charge in [0.25, 0.3) is 5.56 Å². The summed E-state index contributed by atoms with van der Waals surface area (Å²) in [5.41, 5.74) is 1.53. The van der Waals surface area contributed by atoms with E-state index in [9.17, 15) is 9.18 Å². The van der Waals surface area contributed by atoms with Gasteiger partial charge in [0.15, 0.2) is 0 Å². The van der Waals surface area contributed by atoms with Crippen molar-refractivity contribution in [2.45, 2.75) is 25.3 Å². The first-order valence-corrected chi connectivity index (χ1v) is 11.9. The van der Waals surface area contributed by atoms with Gasteiger partial charge in [0.1, 0.15) is 16.5 Å². The van der Waals surface area contributed by atoms with E-state index in [0.717, 1.165) is 41.2 Å². The Labute approximate surface area is 182 Å². The van der Waals surface area contributed by atoms with Crippen LogP contribution in [0.4, 0.5) is 4.39 Å². The summed E-state index contributed by atoms with van der Waals surface area (Å²) in [7, 11) is 2.11. The van der Waals surface area contributed by atoms with E-state index in [-0.39, 0.29) is 17.4 Å². The molecule has 0 radical (unpaired) electrons. The van der Waals surface area contributed by atoms with Crippen molar-refractivity contribution in [3.05, 3.63) is 74.7 Å². The van der Waals surface area contributed by atoms with E-state index in [1.807, 2.05) is 33.5 Å². The molecule has 4 heterocycles. The van der Waals surface area contributed by atoms with E-state index in [1.54, 1.807) is 23.5 Å². The summed E-state index contributed by atoms with van der Waals surface area (Å²) in [6, 6.07) is 10.9. The molecule has 0 saturated carbocycles. The van der Waals surface area contributed by atoms with Crippen LogP contribution in [0.1, 0.15) is 30.3 Å². The monoisotopic (exact) mass is 439 g/mol.